The molecule has 176 valence electrons. The molecule has 0 aromatic heterocycles. The molecule has 3 rings (SSSR count). The van der Waals surface area contributed by atoms with Gasteiger partial charge in [0.1, 0.15) is 0 Å². The maximum atomic E-state index is 13.1. The topological polar surface area (TPSA) is 40.1 Å². The van der Waals surface area contributed by atoms with Crippen molar-refractivity contribution in [1.82, 2.24) is 15.1 Å². The van der Waals surface area contributed by atoms with Crippen molar-refractivity contribution in [1.29, 1.82) is 0 Å². The van der Waals surface area contributed by atoms with Gasteiger partial charge in [0.2, 0.25) is 0 Å². The second kappa shape index (κ2) is 11.2. The van der Waals surface area contributed by atoms with Crippen LogP contribution >= 0.6 is 24.0 Å². The van der Waals surface area contributed by atoms with Gasteiger partial charge in [-0.25, -0.2) is 0 Å². The van der Waals surface area contributed by atoms with Crippen molar-refractivity contribution in [3.8, 4) is 0 Å². The van der Waals surface area contributed by atoms with E-state index in [2.05, 4.69) is 15.1 Å². The zero-order chi connectivity index (χ0) is 21.8. The molecule has 5 nitrogen and oxygen atoms in total. The summed E-state index contributed by atoms with van der Waals surface area (Å²) in [6.07, 6.45) is -3.25. The smallest absolute Gasteiger partial charge is 0.379 e. The number of hydrogen-bond donors (Lipinski definition) is 1. The number of halogens is 4. The van der Waals surface area contributed by atoms with Gasteiger partial charge in [-0.2, -0.15) is 13.2 Å². The molecule has 1 N–H and O–H groups in total. The molecule has 2 fully saturated rings. The Hall–Kier alpha value is -1.07. The number of nitrogens with zero attached hydrogens (tertiary/aromatic N) is 3. The Morgan fingerprint density at radius 1 is 1.16 bits per heavy atom. The van der Waals surface area contributed by atoms with Gasteiger partial charge in [-0.15, -0.1) is 24.0 Å². The Labute approximate surface area is 200 Å². The molecule has 0 bridgehead atoms. The first kappa shape index (κ1) is 26.2. The number of benzene rings is 1. The first-order valence-corrected chi connectivity index (χ1v) is 10.7. The van der Waals surface area contributed by atoms with Crippen LogP contribution in [-0.2, 0) is 16.3 Å². The second-order valence-corrected chi connectivity index (χ2v) is 8.67. The van der Waals surface area contributed by atoms with Crippen LogP contribution in [0.25, 0.3) is 0 Å². The molecule has 1 aromatic rings. The third-order valence-corrected chi connectivity index (χ3v) is 5.96. The van der Waals surface area contributed by atoms with Crippen LogP contribution in [0.15, 0.2) is 29.3 Å². The fraction of sp³-hybridized carbons (Fsp3) is 0.682. The number of morpholine rings is 1. The van der Waals surface area contributed by atoms with E-state index in [1.54, 1.807) is 6.07 Å². The average molecular weight is 554 g/mol. The number of ether oxygens (including phenoxy) is 1. The average Bonchev–Trinajstić information content (AvgIpc) is 3.21. The van der Waals surface area contributed by atoms with E-state index in [9.17, 15) is 13.2 Å². The highest BCUT2D eigenvalue weighted by molar-refractivity contribution is 14.0. The summed E-state index contributed by atoms with van der Waals surface area (Å²) in [6, 6.07) is 6.08. The summed E-state index contributed by atoms with van der Waals surface area (Å²) in [5.41, 5.74) is -0.480. The molecule has 2 saturated heterocycles. The van der Waals surface area contributed by atoms with Crippen LogP contribution in [0.4, 0.5) is 13.2 Å². The van der Waals surface area contributed by atoms with Crippen molar-refractivity contribution in [2.45, 2.75) is 44.8 Å². The SMILES string of the molecule is CCNC(=NCC(C)(C)c1cccc(C(F)(F)F)c1)N1CCC(N2CCOCC2)C1.I. The molecule has 0 saturated carbocycles. The summed E-state index contributed by atoms with van der Waals surface area (Å²) < 4.78 is 44.8. The molecule has 2 aliphatic heterocycles. The highest BCUT2D eigenvalue weighted by atomic mass is 127. The van der Waals surface area contributed by atoms with Crippen LogP contribution in [0.3, 0.4) is 0 Å². The van der Waals surface area contributed by atoms with Gasteiger partial charge in [0.05, 0.1) is 25.3 Å². The molecule has 1 atom stereocenters. The highest BCUT2D eigenvalue weighted by Crippen LogP contribution is 2.33. The van der Waals surface area contributed by atoms with E-state index in [1.807, 2.05) is 20.8 Å². The standard InChI is InChI=1S/C22H33F3N4O.HI/c1-4-26-20(29-9-8-19(15-29)28-10-12-30-13-11-28)27-16-21(2,3)17-6-5-7-18(14-17)22(23,24)25;/h5-7,14,19H,4,8-13,15-16H2,1-3H3,(H,26,27);1H. The first-order valence-electron chi connectivity index (χ1n) is 10.7. The summed E-state index contributed by atoms with van der Waals surface area (Å²) in [4.78, 5) is 9.58. The number of guanidine groups is 1. The Kier molecular flexibility index (Phi) is 9.44. The minimum atomic E-state index is -4.34. The van der Waals surface area contributed by atoms with Gasteiger partial charge in [-0.3, -0.25) is 9.89 Å². The van der Waals surface area contributed by atoms with Crippen LogP contribution in [0, 0.1) is 0 Å². The van der Waals surface area contributed by atoms with E-state index in [0.717, 1.165) is 64.4 Å². The summed E-state index contributed by atoms with van der Waals surface area (Å²) in [5.74, 6) is 0.841. The van der Waals surface area contributed by atoms with Crippen LogP contribution in [0.2, 0.25) is 0 Å². The lowest BCUT2D eigenvalue weighted by Gasteiger charge is -2.32. The van der Waals surface area contributed by atoms with Gasteiger partial charge in [0.15, 0.2) is 5.96 Å². The van der Waals surface area contributed by atoms with Crippen LogP contribution in [0.1, 0.15) is 38.3 Å². The van der Waals surface area contributed by atoms with E-state index < -0.39 is 17.2 Å². The van der Waals surface area contributed by atoms with Crippen LogP contribution in [-0.4, -0.2) is 74.3 Å². The molecular formula is C22H34F3IN4O. The molecule has 2 aliphatic rings. The fourth-order valence-electron chi connectivity index (χ4n) is 4.08. The Morgan fingerprint density at radius 3 is 2.48 bits per heavy atom. The molecule has 1 aromatic carbocycles. The van der Waals surface area contributed by atoms with Gasteiger partial charge in [-0.1, -0.05) is 32.0 Å². The van der Waals surface area contributed by atoms with Crippen molar-refractivity contribution in [3.63, 3.8) is 0 Å². The van der Waals surface area contributed by atoms with Gasteiger partial charge in [0, 0.05) is 44.2 Å². The molecule has 0 aliphatic carbocycles. The van der Waals surface area contributed by atoms with Crippen molar-refractivity contribution in [3.05, 3.63) is 35.4 Å². The van der Waals surface area contributed by atoms with E-state index in [-0.39, 0.29) is 24.0 Å². The molecule has 2 heterocycles. The van der Waals surface area contributed by atoms with Gasteiger partial charge in [0.25, 0.3) is 0 Å². The molecule has 0 amide bonds. The van der Waals surface area contributed by atoms with Gasteiger partial charge >= 0.3 is 6.18 Å². The third-order valence-electron chi connectivity index (χ3n) is 5.96. The van der Waals surface area contributed by atoms with E-state index in [4.69, 9.17) is 9.73 Å². The van der Waals surface area contributed by atoms with Crippen molar-refractivity contribution in [2.75, 3.05) is 52.5 Å². The van der Waals surface area contributed by atoms with E-state index in [1.165, 1.54) is 12.1 Å². The highest BCUT2D eigenvalue weighted by Gasteiger charge is 2.33. The second-order valence-electron chi connectivity index (χ2n) is 8.67. The predicted molar refractivity (Wildman–Crippen MR) is 128 cm³/mol. The van der Waals surface area contributed by atoms with Crippen molar-refractivity contribution >= 4 is 29.9 Å². The zero-order valence-electron chi connectivity index (χ0n) is 18.5. The minimum absolute atomic E-state index is 0. The number of nitrogens with one attached hydrogen (secondary N) is 1. The third kappa shape index (κ3) is 6.95. The quantitative estimate of drug-likeness (QED) is 0.340. The minimum Gasteiger partial charge on any atom is -0.379 e. The lowest BCUT2D eigenvalue weighted by molar-refractivity contribution is -0.137. The first-order chi connectivity index (χ1) is 14.2. The summed E-state index contributed by atoms with van der Waals surface area (Å²) in [7, 11) is 0. The Bertz CT molecular complexity index is 736. The Balaban J connectivity index is 0.00000341. The van der Waals surface area contributed by atoms with E-state index >= 15 is 0 Å². The summed E-state index contributed by atoms with van der Waals surface area (Å²) in [6.45, 7) is 12.4. The van der Waals surface area contributed by atoms with E-state index in [0.29, 0.717) is 18.2 Å². The lowest BCUT2D eigenvalue weighted by atomic mass is 9.84. The maximum absolute atomic E-state index is 13.1. The zero-order valence-corrected chi connectivity index (χ0v) is 20.9. The van der Waals surface area contributed by atoms with Crippen LogP contribution < -0.4 is 5.32 Å². The number of likely N-dealkylation sites (tertiary alicyclic amines) is 1. The number of aliphatic imine (C=N–C) groups is 1. The number of hydrogen-bond acceptors (Lipinski definition) is 3. The summed E-state index contributed by atoms with van der Waals surface area (Å²) >= 11 is 0. The monoisotopic (exact) mass is 554 g/mol. The number of alkyl halides is 3. The fourth-order valence-corrected chi connectivity index (χ4v) is 4.08. The normalized spacial score (nSPS) is 21.2. The number of rotatable bonds is 5. The van der Waals surface area contributed by atoms with Gasteiger partial charge < -0.3 is 15.0 Å². The van der Waals surface area contributed by atoms with Crippen molar-refractivity contribution in [2.24, 2.45) is 4.99 Å². The molecule has 9 heteroatoms. The largest absolute Gasteiger partial charge is 0.416 e. The Morgan fingerprint density at radius 2 is 1.84 bits per heavy atom. The molecule has 0 radical (unpaired) electrons. The molecule has 31 heavy (non-hydrogen) atoms. The molecular weight excluding hydrogens is 520 g/mol. The molecule has 0 spiro atoms. The lowest BCUT2D eigenvalue weighted by Crippen LogP contribution is -2.47. The van der Waals surface area contributed by atoms with Crippen LogP contribution in [0.5, 0.6) is 0 Å². The summed E-state index contributed by atoms with van der Waals surface area (Å²) in [5, 5.41) is 3.36. The predicted octanol–water partition coefficient (Wildman–Crippen LogP) is 3.97. The maximum Gasteiger partial charge on any atom is 0.416 e. The van der Waals surface area contributed by atoms with Crippen molar-refractivity contribution < 1.29 is 17.9 Å². The van der Waals surface area contributed by atoms with Gasteiger partial charge in [-0.05, 0) is 25.0 Å². The molecule has 1 unspecified atom stereocenters.